The van der Waals surface area contributed by atoms with Gasteiger partial charge >= 0.3 is 12.0 Å². The topological polar surface area (TPSA) is 63.7 Å². The largest absolute Gasteiger partial charge is 0.447 e. The van der Waals surface area contributed by atoms with Gasteiger partial charge in [-0.1, -0.05) is 60.7 Å². The minimum absolute atomic E-state index is 0.0987. The predicted molar refractivity (Wildman–Crippen MR) is 82.9 cm³/mol. The lowest BCUT2D eigenvalue weighted by Gasteiger charge is -2.18. The number of benzene rings is 2. The molecule has 0 aliphatic carbocycles. The number of carbonyl (C=O) groups excluding carboxylic acids is 3. The summed E-state index contributed by atoms with van der Waals surface area (Å²) in [7, 11) is 0. The summed E-state index contributed by atoms with van der Waals surface area (Å²) >= 11 is 0. The van der Waals surface area contributed by atoms with Crippen molar-refractivity contribution in [1.82, 2.24) is 4.90 Å². The van der Waals surface area contributed by atoms with Crippen LogP contribution < -0.4 is 0 Å². The van der Waals surface area contributed by atoms with Crippen molar-refractivity contribution in [1.29, 1.82) is 0 Å². The number of imide groups is 1. The number of ether oxygens (including phenoxy) is 1. The van der Waals surface area contributed by atoms with Crippen molar-refractivity contribution in [3.05, 3.63) is 71.8 Å². The lowest BCUT2D eigenvalue weighted by molar-refractivity contribution is -0.124. The van der Waals surface area contributed by atoms with E-state index in [1.807, 2.05) is 30.3 Å². The van der Waals surface area contributed by atoms with E-state index in [9.17, 15) is 14.4 Å². The van der Waals surface area contributed by atoms with Crippen LogP contribution in [0.2, 0.25) is 0 Å². The third kappa shape index (κ3) is 3.13. The predicted octanol–water partition coefficient (Wildman–Crippen LogP) is 2.46. The van der Waals surface area contributed by atoms with E-state index in [-0.39, 0.29) is 12.2 Å². The normalized spacial score (nSPS) is 17.0. The maximum atomic E-state index is 12.4. The van der Waals surface area contributed by atoms with Gasteiger partial charge in [-0.3, -0.25) is 9.59 Å². The minimum Gasteiger partial charge on any atom is -0.447 e. The second kappa shape index (κ2) is 6.44. The molecule has 1 heterocycles. The molecule has 0 aromatic heterocycles. The number of hydrogen-bond donors (Lipinski definition) is 0. The molecule has 116 valence electrons. The zero-order chi connectivity index (χ0) is 16.2. The molecule has 0 spiro atoms. The Morgan fingerprint density at radius 2 is 1.61 bits per heavy atom. The second-order valence-electron chi connectivity index (χ2n) is 5.29. The summed E-state index contributed by atoms with van der Waals surface area (Å²) in [4.78, 5) is 37.5. The van der Waals surface area contributed by atoms with Crippen LogP contribution in [0.15, 0.2) is 60.7 Å². The molecule has 3 rings (SSSR count). The van der Waals surface area contributed by atoms with Crippen LogP contribution >= 0.6 is 0 Å². The maximum Gasteiger partial charge on any atom is 0.417 e. The van der Waals surface area contributed by atoms with Gasteiger partial charge in [0.1, 0.15) is 6.61 Å². The third-order valence-electron chi connectivity index (χ3n) is 3.72. The number of ketones is 1. The molecule has 1 atom stereocenters. The van der Waals surface area contributed by atoms with E-state index in [4.69, 9.17) is 4.74 Å². The zero-order valence-corrected chi connectivity index (χ0v) is 12.3. The van der Waals surface area contributed by atoms with Crippen LogP contribution in [0, 0.1) is 0 Å². The molecule has 0 N–H and O–H groups in total. The molecule has 0 bridgehead atoms. The number of nitrogens with zero attached hydrogens (tertiary/aromatic N) is 1. The fourth-order valence-corrected chi connectivity index (χ4v) is 2.57. The Balaban J connectivity index is 1.79. The van der Waals surface area contributed by atoms with Crippen molar-refractivity contribution in [3.8, 4) is 0 Å². The summed E-state index contributed by atoms with van der Waals surface area (Å²) in [5, 5.41) is 0. The van der Waals surface area contributed by atoms with Crippen LogP contribution in [-0.4, -0.2) is 35.3 Å². The van der Waals surface area contributed by atoms with Crippen LogP contribution in [0.25, 0.3) is 0 Å². The number of hydrogen-bond acceptors (Lipinski definition) is 4. The summed E-state index contributed by atoms with van der Waals surface area (Å²) in [6.07, 6.45) is -0.305. The number of amides is 2. The first-order chi connectivity index (χ1) is 11.2. The van der Waals surface area contributed by atoms with Crippen LogP contribution in [-0.2, 0) is 16.0 Å². The quantitative estimate of drug-likeness (QED) is 0.643. The Morgan fingerprint density at radius 3 is 2.26 bits per heavy atom. The first-order valence-corrected chi connectivity index (χ1v) is 7.30. The van der Waals surface area contributed by atoms with Gasteiger partial charge in [-0.05, 0) is 12.0 Å². The molecule has 23 heavy (non-hydrogen) atoms. The first-order valence-electron chi connectivity index (χ1n) is 7.30. The van der Waals surface area contributed by atoms with E-state index in [0.717, 1.165) is 10.5 Å². The summed E-state index contributed by atoms with van der Waals surface area (Å²) in [6, 6.07) is 17.2. The van der Waals surface area contributed by atoms with Crippen LogP contribution in [0.4, 0.5) is 4.79 Å². The molecule has 1 saturated heterocycles. The van der Waals surface area contributed by atoms with Gasteiger partial charge in [0.05, 0.1) is 6.04 Å². The minimum atomic E-state index is -0.848. The molecule has 2 aromatic rings. The van der Waals surface area contributed by atoms with Crippen molar-refractivity contribution >= 4 is 17.8 Å². The highest BCUT2D eigenvalue weighted by molar-refractivity contribution is 6.44. The molecule has 0 unspecified atom stereocenters. The number of rotatable bonds is 4. The summed E-state index contributed by atoms with van der Waals surface area (Å²) in [5.74, 6) is -1.55. The van der Waals surface area contributed by atoms with Gasteiger partial charge < -0.3 is 4.74 Å². The fourth-order valence-electron chi connectivity index (χ4n) is 2.57. The van der Waals surface area contributed by atoms with Gasteiger partial charge in [-0.15, -0.1) is 0 Å². The number of Topliss-reactive ketones (excluding diaryl/α,β-unsaturated/α-hetero) is 1. The summed E-state index contributed by atoms with van der Waals surface area (Å²) < 4.78 is 4.97. The standard InChI is InChI=1S/C18H15NO4/c20-16(14-9-5-2-6-10-14)17(21)19-15(12-23-18(19)22)11-13-7-3-1-4-8-13/h1-10,15H,11-12H2/t15-/m1/s1. The Morgan fingerprint density at radius 1 is 1.00 bits per heavy atom. The summed E-state index contributed by atoms with van der Waals surface area (Å²) in [6.45, 7) is 0.0987. The molecule has 2 aromatic carbocycles. The second-order valence-corrected chi connectivity index (χ2v) is 5.29. The smallest absolute Gasteiger partial charge is 0.417 e. The molecule has 5 heteroatoms. The Hall–Kier alpha value is -2.95. The molecule has 5 nitrogen and oxygen atoms in total. The van der Waals surface area contributed by atoms with Gasteiger partial charge in [0.15, 0.2) is 0 Å². The van der Waals surface area contributed by atoms with Crippen molar-refractivity contribution in [2.24, 2.45) is 0 Å². The Bertz CT molecular complexity index is 727. The molecule has 1 aliphatic heterocycles. The fraction of sp³-hybridized carbons (Fsp3) is 0.167. The number of cyclic esters (lactones) is 1. The molecule has 0 saturated carbocycles. The molecular formula is C18H15NO4. The monoisotopic (exact) mass is 309 g/mol. The van der Waals surface area contributed by atoms with Crippen LogP contribution in [0.3, 0.4) is 0 Å². The lowest BCUT2D eigenvalue weighted by Crippen LogP contribution is -2.43. The summed E-state index contributed by atoms with van der Waals surface area (Å²) in [5.41, 5.74) is 1.23. The van der Waals surface area contributed by atoms with Gasteiger partial charge in [-0.2, -0.15) is 0 Å². The first kappa shape index (κ1) is 15.0. The van der Waals surface area contributed by atoms with Crippen molar-refractivity contribution < 1.29 is 19.1 Å². The molecular weight excluding hydrogens is 294 g/mol. The van der Waals surface area contributed by atoms with E-state index in [1.54, 1.807) is 30.3 Å². The van der Waals surface area contributed by atoms with E-state index in [2.05, 4.69) is 0 Å². The average molecular weight is 309 g/mol. The molecule has 1 aliphatic rings. The SMILES string of the molecule is O=C(C(=O)N1C(=O)OC[C@H]1Cc1ccccc1)c1ccccc1. The van der Waals surface area contributed by atoms with Crippen molar-refractivity contribution in [3.63, 3.8) is 0 Å². The van der Waals surface area contributed by atoms with Crippen LogP contribution in [0.1, 0.15) is 15.9 Å². The Kier molecular flexibility index (Phi) is 4.19. The third-order valence-corrected chi connectivity index (χ3v) is 3.72. The van der Waals surface area contributed by atoms with Crippen molar-refractivity contribution in [2.75, 3.05) is 6.61 Å². The van der Waals surface area contributed by atoms with E-state index < -0.39 is 23.8 Å². The highest BCUT2D eigenvalue weighted by atomic mass is 16.6. The number of carbonyl (C=O) groups is 3. The highest BCUT2D eigenvalue weighted by Gasteiger charge is 2.40. The van der Waals surface area contributed by atoms with Gasteiger partial charge in [-0.25, -0.2) is 9.69 Å². The average Bonchev–Trinajstić information content (AvgIpc) is 2.95. The molecule has 1 fully saturated rings. The van der Waals surface area contributed by atoms with Gasteiger partial charge in [0.2, 0.25) is 0 Å². The van der Waals surface area contributed by atoms with Crippen LogP contribution in [0.5, 0.6) is 0 Å². The van der Waals surface area contributed by atoms with Crippen molar-refractivity contribution in [2.45, 2.75) is 12.5 Å². The van der Waals surface area contributed by atoms with Gasteiger partial charge in [0.25, 0.3) is 5.78 Å². The maximum absolute atomic E-state index is 12.4. The Labute approximate surface area is 133 Å². The molecule has 2 amide bonds. The molecule has 0 radical (unpaired) electrons. The zero-order valence-electron chi connectivity index (χ0n) is 12.3. The van der Waals surface area contributed by atoms with E-state index >= 15 is 0 Å². The van der Waals surface area contributed by atoms with Gasteiger partial charge in [0, 0.05) is 5.56 Å². The highest BCUT2D eigenvalue weighted by Crippen LogP contribution is 2.19. The lowest BCUT2D eigenvalue weighted by atomic mass is 10.0. The van der Waals surface area contributed by atoms with E-state index in [0.29, 0.717) is 6.42 Å². The van der Waals surface area contributed by atoms with E-state index in [1.165, 1.54) is 0 Å².